The van der Waals surface area contributed by atoms with Crippen LogP contribution in [0.2, 0.25) is 0 Å². The molecule has 0 spiro atoms. The van der Waals surface area contributed by atoms with Gasteiger partial charge in [0.15, 0.2) is 5.78 Å². The highest BCUT2D eigenvalue weighted by Gasteiger charge is 2.08. The lowest BCUT2D eigenvalue weighted by atomic mass is 10.1. The second-order valence-electron chi connectivity index (χ2n) is 3.97. The second kappa shape index (κ2) is 7.04. The van der Waals surface area contributed by atoms with Crippen molar-refractivity contribution in [2.45, 2.75) is 6.42 Å². The standard InChI is InChI=1S/C15H14BrNO2/c16-9-4-10-19-14-8-7-13(11-17-14)15(18)12-5-2-1-3-6-12/h1-3,5-8,11H,4,9-10H2. The summed E-state index contributed by atoms with van der Waals surface area (Å²) in [5.74, 6) is 0.519. The van der Waals surface area contributed by atoms with Gasteiger partial charge >= 0.3 is 0 Å². The van der Waals surface area contributed by atoms with E-state index in [-0.39, 0.29) is 5.78 Å². The lowest BCUT2D eigenvalue weighted by molar-refractivity contribution is 0.103. The molecular formula is C15H14BrNO2. The molecule has 0 saturated heterocycles. The molecule has 0 atom stereocenters. The number of benzene rings is 1. The quantitative estimate of drug-likeness (QED) is 0.465. The maximum absolute atomic E-state index is 12.1. The van der Waals surface area contributed by atoms with E-state index in [0.717, 1.165) is 11.8 Å². The van der Waals surface area contributed by atoms with Crippen molar-refractivity contribution in [1.29, 1.82) is 0 Å². The number of nitrogens with zero attached hydrogens (tertiary/aromatic N) is 1. The Morgan fingerprint density at radius 3 is 2.53 bits per heavy atom. The van der Waals surface area contributed by atoms with E-state index in [2.05, 4.69) is 20.9 Å². The van der Waals surface area contributed by atoms with Gasteiger partial charge in [-0.1, -0.05) is 46.3 Å². The van der Waals surface area contributed by atoms with Crippen molar-refractivity contribution in [3.8, 4) is 5.88 Å². The highest BCUT2D eigenvalue weighted by molar-refractivity contribution is 9.09. The summed E-state index contributed by atoms with van der Waals surface area (Å²) in [6, 6.07) is 12.6. The summed E-state index contributed by atoms with van der Waals surface area (Å²) in [6.45, 7) is 0.615. The van der Waals surface area contributed by atoms with E-state index in [4.69, 9.17) is 4.74 Å². The van der Waals surface area contributed by atoms with Crippen molar-refractivity contribution in [3.63, 3.8) is 0 Å². The maximum atomic E-state index is 12.1. The Bertz CT molecular complexity index is 526. The molecule has 1 aromatic carbocycles. The lowest BCUT2D eigenvalue weighted by Crippen LogP contribution is -2.03. The molecule has 0 bridgehead atoms. The van der Waals surface area contributed by atoms with Gasteiger partial charge < -0.3 is 4.74 Å². The zero-order valence-electron chi connectivity index (χ0n) is 10.4. The minimum atomic E-state index is -0.0277. The number of ether oxygens (including phenoxy) is 1. The summed E-state index contributed by atoms with van der Waals surface area (Å²) in [5.41, 5.74) is 1.23. The number of alkyl halides is 1. The van der Waals surface area contributed by atoms with Crippen LogP contribution in [0.25, 0.3) is 0 Å². The third-order valence-corrected chi connectivity index (χ3v) is 3.12. The number of rotatable bonds is 6. The van der Waals surface area contributed by atoms with Gasteiger partial charge in [0.2, 0.25) is 5.88 Å². The van der Waals surface area contributed by atoms with E-state index >= 15 is 0 Å². The van der Waals surface area contributed by atoms with Crippen LogP contribution in [-0.2, 0) is 0 Å². The molecule has 98 valence electrons. The molecule has 3 nitrogen and oxygen atoms in total. The molecular weight excluding hydrogens is 306 g/mol. The first-order valence-corrected chi connectivity index (χ1v) is 7.18. The second-order valence-corrected chi connectivity index (χ2v) is 4.76. The molecule has 0 amide bonds. The van der Waals surface area contributed by atoms with Crippen molar-refractivity contribution < 1.29 is 9.53 Å². The van der Waals surface area contributed by atoms with Gasteiger partial charge in [0.25, 0.3) is 0 Å². The molecule has 0 radical (unpaired) electrons. The Balaban J connectivity index is 2.04. The maximum Gasteiger partial charge on any atom is 0.213 e. The minimum absolute atomic E-state index is 0.0277. The summed E-state index contributed by atoms with van der Waals surface area (Å²) >= 11 is 3.33. The Kier molecular flexibility index (Phi) is 5.10. The van der Waals surface area contributed by atoms with Crippen LogP contribution < -0.4 is 4.74 Å². The van der Waals surface area contributed by atoms with E-state index in [0.29, 0.717) is 23.6 Å². The van der Waals surface area contributed by atoms with Gasteiger partial charge in [-0.25, -0.2) is 4.98 Å². The van der Waals surface area contributed by atoms with Crippen molar-refractivity contribution >= 4 is 21.7 Å². The van der Waals surface area contributed by atoms with Crippen LogP contribution in [0.5, 0.6) is 5.88 Å². The Morgan fingerprint density at radius 2 is 1.89 bits per heavy atom. The normalized spacial score (nSPS) is 10.2. The van der Waals surface area contributed by atoms with Gasteiger partial charge in [-0.05, 0) is 12.5 Å². The number of ketones is 1. The molecule has 0 unspecified atom stereocenters. The predicted octanol–water partition coefficient (Wildman–Crippen LogP) is 3.48. The van der Waals surface area contributed by atoms with Gasteiger partial charge in [0.1, 0.15) is 0 Å². The summed E-state index contributed by atoms with van der Waals surface area (Å²) < 4.78 is 5.43. The topological polar surface area (TPSA) is 39.2 Å². The summed E-state index contributed by atoms with van der Waals surface area (Å²) in [4.78, 5) is 16.3. The third-order valence-electron chi connectivity index (χ3n) is 2.56. The number of halogens is 1. The molecule has 4 heteroatoms. The number of hydrogen-bond donors (Lipinski definition) is 0. The first kappa shape index (κ1) is 13.7. The van der Waals surface area contributed by atoms with Gasteiger partial charge in [-0.15, -0.1) is 0 Å². The van der Waals surface area contributed by atoms with Crippen LogP contribution in [0.4, 0.5) is 0 Å². The third kappa shape index (κ3) is 3.89. The molecule has 0 aliphatic rings. The van der Waals surface area contributed by atoms with E-state index < -0.39 is 0 Å². The monoisotopic (exact) mass is 319 g/mol. The first-order valence-electron chi connectivity index (χ1n) is 6.06. The van der Waals surface area contributed by atoms with E-state index in [1.54, 1.807) is 30.5 Å². The van der Waals surface area contributed by atoms with Crippen molar-refractivity contribution in [2.75, 3.05) is 11.9 Å². The van der Waals surface area contributed by atoms with Crippen LogP contribution in [0.3, 0.4) is 0 Å². The van der Waals surface area contributed by atoms with E-state index in [9.17, 15) is 4.79 Å². The highest BCUT2D eigenvalue weighted by Crippen LogP contribution is 2.12. The van der Waals surface area contributed by atoms with E-state index in [1.807, 2.05) is 18.2 Å². The van der Waals surface area contributed by atoms with Crippen molar-refractivity contribution in [2.24, 2.45) is 0 Å². The first-order chi connectivity index (χ1) is 9.31. The van der Waals surface area contributed by atoms with Crippen molar-refractivity contribution in [3.05, 3.63) is 59.8 Å². The Morgan fingerprint density at radius 1 is 1.11 bits per heavy atom. The SMILES string of the molecule is O=C(c1ccccc1)c1ccc(OCCCBr)nc1. The van der Waals surface area contributed by atoms with Gasteiger partial charge in [0.05, 0.1) is 6.61 Å². The smallest absolute Gasteiger partial charge is 0.213 e. The number of pyridine rings is 1. The lowest BCUT2D eigenvalue weighted by Gasteiger charge is -2.05. The number of carbonyl (C=O) groups excluding carboxylic acids is 1. The molecule has 0 saturated carbocycles. The average Bonchev–Trinajstić information content (AvgIpc) is 2.48. The Labute approximate surface area is 120 Å². The fraction of sp³-hybridized carbons (Fsp3) is 0.200. The number of hydrogen-bond acceptors (Lipinski definition) is 3. The van der Waals surface area contributed by atoms with Gasteiger partial charge in [-0.3, -0.25) is 4.79 Å². The largest absolute Gasteiger partial charge is 0.478 e. The molecule has 1 aromatic heterocycles. The van der Waals surface area contributed by atoms with Crippen LogP contribution in [0.1, 0.15) is 22.3 Å². The van der Waals surface area contributed by atoms with Crippen LogP contribution in [0.15, 0.2) is 48.7 Å². The summed E-state index contributed by atoms with van der Waals surface area (Å²) in [7, 11) is 0. The predicted molar refractivity (Wildman–Crippen MR) is 78.0 cm³/mol. The van der Waals surface area contributed by atoms with Crippen LogP contribution in [0, 0.1) is 0 Å². The van der Waals surface area contributed by atoms with Crippen LogP contribution >= 0.6 is 15.9 Å². The fourth-order valence-electron chi connectivity index (χ4n) is 1.59. The highest BCUT2D eigenvalue weighted by atomic mass is 79.9. The molecule has 0 aliphatic heterocycles. The fourth-order valence-corrected chi connectivity index (χ4v) is 1.82. The van der Waals surface area contributed by atoms with E-state index in [1.165, 1.54) is 0 Å². The minimum Gasteiger partial charge on any atom is -0.478 e. The molecule has 0 fully saturated rings. The molecule has 19 heavy (non-hydrogen) atoms. The average molecular weight is 320 g/mol. The number of carbonyl (C=O) groups is 1. The van der Waals surface area contributed by atoms with Gasteiger partial charge in [0, 0.05) is 28.7 Å². The molecule has 2 rings (SSSR count). The number of aromatic nitrogens is 1. The van der Waals surface area contributed by atoms with Crippen molar-refractivity contribution in [1.82, 2.24) is 4.98 Å². The molecule has 2 aromatic rings. The zero-order chi connectivity index (χ0) is 13.5. The van der Waals surface area contributed by atoms with Gasteiger partial charge in [-0.2, -0.15) is 0 Å². The molecule has 1 heterocycles. The Hall–Kier alpha value is -1.68. The summed E-state index contributed by atoms with van der Waals surface area (Å²) in [5, 5.41) is 0.900. The zero-order valence-corrected chi connectivity index (χ0v) is 12.0. The molecule has 0 N–H and O–H groups in total. The summed E-state index contributed by atoms with van der Waals surface area (Å²) in [6.07, 6.45) is 2.48. The molecule has 0 aliphatic carbocycles. The van der Waals surface area contributed by atoms with Crippen LogP contribution in [-0.4, -0.2) is 22.7 Å².